The number of benzene rings is 1. The average molecular weight is 380 g/mol. The Labute approximate surface area is 151 Å². The average Bonchev–Trinajstić information content (AvgIpc) is 3.12. The maximum absolute atomic E-state index is 12.8. The van der Waals surface area contributed by atoms with E-state index in [4.69, 9.17) is 11.6 Å². The Kier molecular flexibility index (Phi) is 5.36. The number of hydrogen-bond donors (Lipinski definition) is 1. The zero-order valence-corrected chi connectivity index (χ0v) is 15.0. The number of pyridine rings is 1. The number of carbonyl (C=O) groups excluding carboxylic acids is 1. The van der Waals surface area contributed by atoms with E-state index in [1.807, 2.05) is 30.3 Å². The summed E-state index contributed by atoms with van der Waals surface area (Å²) in [7, 11) is -3.78. The second-order valence-corrected chi connectivity index (χ2v) is 8.07. The minimum atomic E-state index is -3.78. The molecule has 1 N–H and O–H groups in total. The van der Waals surface area contributed by atoms with Crippen LogP contribution in [-0.2, 0) is 21.4 Å². The van der Waals surface area contributed by atoms with Crippen molar-refractivity contribution in [1.29, 1.82) is 0 Å². The maximum Gasteiger partial charge on any atom is 0.245 e. The monoisotopic (exact) mass is 379 g/mol. The van der Waals surface area contributed by atoms with E-state index in [9.17, 15) is 13.2 Å². The van der Waals surface area contributed by atoms with Gasteiger partial charge in [-0.25, -0.2) is 13.4 Å². The van der Waals surface area contributed by atoms with Crippen LogP contribution in [-0.4, -0.2) is 36.2 Å². The van der Waals surface area contributed by atoms with Crippen LogP contribution in [0.4, 0.5) is 0 Å². The molecule has 1 fully saturated rings. The van der Waals surface area contributed by atoms with Gasteiger partial charge in [-0.1, -0.05) is 41.9 Å². The second-order valence-electron chi connectivity index (χ2n) is 5.79. The summed E-state index contributed by atoms with van der Waals surface area (Å²) in [6, 6.07) is 11.6. The minimum Gasteiger partial charge on any atom is -0.351 e. The normalized spacial score (nSPS) is 18.2. The lowest BCUT2D eigenvalue weighted by molar-refractivity contribution is -0.124. The second kappa shape index (κ2) is 7.51. The molecule has 0 bridgehead atoms. The van der Waals surface area contributed by atoms with Gasteiger partial charge in [0.25, 0.3) is 0 Å². The van der Waals surface area contributed by atoms with Gasteiger partial charge in [-0.3, -0.25) is 4.79 Å². The summed E-state index contributed by atoms with van der Waals surface area (Å²) in [5.41, 5.74) is 0.963. The molecule has 0 aliphatic carbocycles. The van der Waals surface area contributed by atoms with E-state index in [0.717, 1.165) is 5.56 Å². The molecule has 25 heavy (non-hydrogen) atoms. The number of hydrogen-bond acceptors (Lipinski definition) is 4. The summed E-state index contributed by atoms with van der Waals surface area (Å²) in [6.07, 6.45) is 2.36. The van der Waals surface area contributed by atoms with Gasteiger partial charge in [0.05, 0.1) is 0 Å². The molecular formula is C17H18ClN3O3S. The first-order chi connectivity index (χ1) is 12.0. The molecule has 3 rings (SSSR count). The van der Waals surface area contributed by atoms with Gasteiger partial charge in [0.2, 0.25) is 15.9 Å². The van der Waals surface area contributed by atoms with E-state index in [0.29, 0.717) is 25.9 Å². The maximum atomic E-state index is 12.8. The molecule has 1 amide bonds. The van der Waals surface area contributed by atoms with E-state index >= 15 is 0 Å². The number of nitrogens with zero attached hydrogens (tertiary/aromatic N) is 2. The smallest absolute Gasteiger partial charge is 0.245 e. The molecule has 1 saturated heterocycles. The highest BCUT2D eigenvalue weighted by Crippen LogP contribution is 2.26. The van der Waals surface area contributed by atoms with Crippen molar-refractivity contribution in [2.75, 3.05) is 6.54 Å². The molecule has 2 heterocycles. The number of amides is 1. The van der Waals surface area contributed by atoms with Crippen LogP contribution in [0.2, 0.25) is 5.15 Å². The van der Waals surface area contributed by atoms with Crippen LogP contribution < -0.4 is 5.32 Å². The fraction of sp³-hybridized carbons (Fsp3) is 0.294. The van der Waals surface area contributed by atoms with Crippen molar-refractivity contribution < 1.29 is 13.2 Å². The largest absolute Gasteiger partial charge is 0.351 e. The predicted octanol–water partition coefficient (Wildman–Crippen LogP) is 2.20. The molecule has 1 atom stereocenters. The number of rotatable bonds is 5. The SMILES string of the molecule is O=C(NCc1ccccc1)[C@@H]1CCCN1S(=O)(=O)c1ccc(Cl)nc1. The molecule has 2 aromatic rings. The minimum absolute atomic E-state index is 0.0414. The highest BCUT2D eigenvalue weighted by Gasteiger charge is 2.39. The van der Waals surface area contributed by atoms with Crippen LogP contribution in [0.5, 0.6) is 0 Å². The lowest BCUT2D eigenvalue weighted by Crippen LogP contribution is -2.45. The predicted molar refractivity (Wildman–Crippen MR) is 94.4 cm³/mol. The Morgan fingerprint density at radius 1 is 1.24 bits per heavy atom. The number of aromatic nitrogens is 1. The van der Waals surface area contributed by atoms with Crippen LogP contribution >= 0.6 is 11.6 Å². The van der Waals surface area contributed by atoms with E-state index in [1.54, 1.807) is 0 Å². The Morgan fingerprint density at radius 2 is 2.00 bits per heavy atom. The Bertz CT molecular complexity index is 841. The van der Waals surface area contributed by atoms with Gasteiger partial charge in [0.1, 0.15) is 16.1 Å². The summed E-state index contributed by atoms with van der Waals surface area (Å²) < 4.78 is 26.8. The molecule has 0 saturated carbocycles. The van der Waals surface area contributed by atoms with Crippen molar-refractivity contribution in [3.8, 4) is 0 Å². The first kappa shape index (κ1) is 17.8. The van der Waals surface area contributed by atoms with Gasteiger partial charge in [-0.05, 0) is 30.5 Å². The molecule has 132 valence electrons. The molecule has 0 unspecified atom stereocenters. The molecule has 1 aromatic heterocycles. The molecule has 6 nitrogen and oxygen atoms in total. The van der Waals surface area contributed by atoms with E-state index in [2.05, 4.69) is 10.3 Å². The molecule has 1 aromatic carbocycles. The molecule has 1 aliphatic heterocycles. The van der Waals surface area contributed by atoms with Crippen molar-refractivity contribution in [2.24, 2.45) is 0 Å². The van der Waals surface area contributed by atoms with Crippen LogP contribution in [0, 0.1) is 0 Å². The standard InChI is InChI=1S/C17H18ClN3O3S/c18-16-9-8-14(12-19-16)25(23,24)21-10-4-7-15(21)17(22)20-11-13-5-2-1-3-6-13/h1-3,5-6,8-9,12,15H,4,7,10-11H2,(H,20,22)/t15-/m0/s1. The van der Waals surface area contributed by atoms with E-state index < -0.39 is 16.1 Å². The number of sulfonamides is 1. The first-order valence-electron chi connectivity index (χ1n) is 7.93. The van der Waals surface area contributed by atoms with Crippen molar-refractivity contribution in [2.45, 2.75) is 30.3 Å². The van der Waals surface area contributed by atoms with Crippen molar-refractivity contribution in [1.82, 2.24) is 14.6 Å². The highest BCUT2D eigenvalue weighted by atomic mass is 35.5. The molecule has 0 radical (unpaired) electrons. The molecule has 1 aliphatic rings. The fourth-order valence-electron chi connectivity index (χ4n) is 2.84. The Hall–Kier alpha value is -1.96. The van der Waals surface area contributed by atoms with Gasteiger partial charge in [-0.2, -0.15) is 4.31 Å². The number of carbonyl (C=O) groups is 1. The third-order valence-corrected chi connectivity index (χ3v) is 6.24. The first-order valence-corrected chi connectivity index (χ1v) is 9.75. The number of nitrogens with one attached hydrogen (secondary N) is 1. The third kappa shape index (κ3) is 4.00. The molecule has 8 heteroatoms. The van der Waals surface area contributed by atoms with Crippen molar-refractivity contribution in [3.05, 3.63) is 59.4 Å². The summed E-state index contributed by atoms with van der Waals surface area (Å²) >= 11 is 5.72. The van der Waals surface area contributed by atoms with Crippen LogP contribution in [0.25, 0.3) is 0 Å². The van der Waals surface area contributed by atoms with Gasteiger partial charge in [0.15, 0.2) is 0 Å². The third-order valence-electron chi connectivity index (χ3n) is 4.12. The highest BCUT2D eigenvalue weighted by molar-refractivity contribution is 7.89. The van der Waals surface area contributed by atoms with Crippen molar-refractivity contribution >= 4 is 27.5 Å². The van der Waals surface area contributed by atoms with E-state index in [-0.39, 0.29) is 16.0 Å². The lowest BCUT2D eigenvalue weighted by atomic mass is 10.2. The molecular weight excluding hydrogens is 362 g/mol. The van der Waals surface area contributed by atoms with Gasteiger partial charge in [0, 0.05) is 19.3 Å². The van der Waals surface area contributed by atoms with Crippen LogP contribution in [0.1, 0.15) is 18.4 Å². The van der Waals surface area contributed by atoms with Gasteiger partial charge >= 0.3 is 0 Å². The Morgan fingerprint density at radius 3 is 2.68 bits per heavy atom. The zero-order valence-electron chi connectivity index (χ0n) is 13.4. The fourth-order valence-corrected chi connectivity index (χ4v) is 4.56. The lowest BCUT2D eigenvalue weighted by Gasteiger charge is -2.23. The summed E-state index contributed by atoms with van der Waals surface area (Å²) in [5, 5.41) is 3.04. The summed E-state index contributed by atoms with van der Waals surface area (Å²) in [5.74, 6) is -0.285. The van der Waals surface area contributed by atoms with Gasteiger partial charge in [-0.15, -0.1) is 0 Å². The van der Waals surface area contributed by atoms with Crippen molar-refractivity contribution in [3.63, 3.8) is 0 Å². The quantitative estimate of drug-likeness (QED) is 0.808. The number of halogens is 1. The summed E-state index contributed by atoms with van der Waals surface area (Å²) in [6.45, 7) is 0.681. The zero-order chi connectivity index (χ0) is 17.9. The topological polar surface area (TPSA) is 79.4 Å². The van der Waals surface area contributed by atoms with Crippen LogP contribution in [0.15, 0.2) is 53.6 Å². The Balaban J connectivity index is 1.73. The molecule has 0 spiro atoms. The van der Waals surface area contributed by atoms with E-state index in [1.165, 1.54) is 22.6 Å². The van der Waals surface area contributed by atoms with Gasteiger partial charge < -0.3 is 5.32 Å². The van der Waals surface area contributed by atoms with Crippen LogP contribution in [0.3, 0.4) is 0 Å². The summed E-state index contributed by atoms with van der Waals surface area (Å²) in [4.78, 5) is 16.4.